The summed E-state index contributed by atoms with van der Waals surface area (Å²) in [4.78, 5) is 17.0. The lowest BCUT2D eigenvalue weighted by atomic mass is 10.2. The second-order valence-electron chi connectivity index (χ2n) is 3.25. The Bertz CT molecular complexity index is 497. The number of anilines is 1. The van der Waals surface area contributed by atoms with Crippen molar-refractivity contribution in [1.29, 1.82) is 0 Å². The monoisotopic (exact) mass is 264 g/mol. The van der Waals surface area contributed by atoms with Gasteiger partial charge in [0.05, 0.1) is 0 Å². The zero-order chi connectivity index (χ0) is 12.1. The molecule has 0 unspecified atom stereocenters. The number of rotatable bonds is 4. The second kappa shape index (κ2) is 5.84. The normalized spacial score (nSPS) is 10.2. The quantitative estimate of drug-likeness (QED) is 0.859. The van der Waals surface area contributed by atoms with E-state index in [-0.39, 0.29) is 5.91 Å². The van der Waals surface area contributed by atoms with E-state index in [4.69, 9.17) is 0 Å². The van der Waals surface area contributed by atoms with Crippen molar-refractivity contribution >= 4 is 34.1 Å². The first kappa shape index (κ1) is 12.1. The van der Waals surface area contributed by atoms with Crippen LogP contribution in [-0.4, -0.2) is 16.6 Å². The van der Waals surface area contributed by atoms with Crippen LogP contribution in [0.25, 0.3) is 0 Å². The first-order valence-electron chi connectivity index (χ1n) is 5.23. The third kappa shape index (κ3) is 3.31. The highest BCUT2D eigenvalue weighted by molar-refractivity contribution is 7.99. The predicted molar refractivity (Wildman–Crippen MR) is 72.9 cm³/mol. The Morgan fingerprint density at radius 2 is 2.41 bits per heavy atom. The summed E-state index contributed by atoms with van der Waals surface area (Å²) in [6, 6.07) is 7.61. The standard InChI is InChI=1S/C12H12N2OS2/c1-2-16-10-5-3-4-9(8-10)11(15)14-12-13-6-7-17-12/h3-8H,2H2,1H3,(H,13,14,15). The number of benzene rings is 1. The van der Waals surface area contributed by atoms with Gasteiger partial charge in [-0.25, -0.2) is 4.98 Å². The lowest BCUT2D eigenvalue weighted by Crippen LogP contribution is -2.11. The summed E-state index contributed by atoms with van der Waals surface area (Å²) in [6.07, 6.45) is 1.67. The summed E-state index contributed by atoms with van der Waals surface area (Å²) in [7, 11) is 0. The number of hydrogen-bond acceptors (Lipinski definition) is 4. The number of nitrogens with one attached hydrogen (secondary N) is 1. The largest absolute Gasteiger partial charge is 0.298 e. The molecule has 5 heteroatoms. The van der Waals surface area contributed by atoms with Crippen molar-refractivity contribution in [3.05, 3.63) is 41.4 Å². The highest BCUT2D eigenvalue weighted by Crippen LogP contribution is 2.19. The number of nitrogens with zero attached hydrogens (tertiary/aromatic N) is 1. The van der Waals surface area contributed by atoms with E-state index in [1.54, 1.807) is 18.0 Å². The fraction of sp³-hybridized carbons (Fsp3) is 0.167. The average molecular weight is 264 g/mol. The molecular weight excluding hydrogens is 252 g/mol. The molecule has 0 aliphatic carbocycles. The van der Waals surface area contributed by atoms with Gasteiger partial charge in [0, 0.05) is 22.0 Å². The third-order valence-corrected chi connectivity index (χ3v) is 3.62. The Hall–Kier alpha value is -1.33. The molecule has 0 radical (unpaired) electrons. The second-order valence-corrected chi connectivity index (χ2v) is 5.48. The first-order chi connectivity index (χ1) is 8.29. The van der Waals surface area contributed by atoms with Crippen LogP contribution in [0.5, 0.6) is 0 Å². The predicted octanol–water partition coefficient (Wildman–Crippen LogP) is 3.51. The first-order valence-corrected chi connectivity index (χ1v) is 7.10. The van der Waals surface area contributed by atoms with Crippen molar-refractivity contribution in [2.75, 3.05) is 11.1 Å². The molecule has 17 heavy (non-hydrogen) atoms. The summed E-state index contributed by atoms with van der Waals surface area (Å²) < 4.78 is 0. The van der Waals surface area contributed by atoms with Gasteiger partial charge in [0.2, 0.25) is 0 Å². The lowest BCUT2D eigenvalue weighted by Gasteiger charge is -2.03. The van der Waals surface area contributed by atoms with E-state index < -0.39 is 0 Å². The molecule has 0 saturated heterocycles. The SMILES string of the molecule is CCSc1cccc(C(=O)Nc2nccs2)c1. The molecule has 2 rings (SSSR count). The minimum absolute atomic E-state index is 0.112. The van der Waals surface area contributed by atoms with Crippen molar-refractivity contribution in [3.8, 4) is 0 Å². The summed E-state index contributed by atoms with van der Waals surface area (Å²) in [5.74, 6) is 0.885. The number of hydrogen-bond donors (Lipinski definition) is 1. The molecule has 0 spiro atoms. The van der Waals surface area contributed by atoms with Crippen LogP contribution >= 0.6 is 23.1 Å². The smallest absolute Gasteiger partial charge is 0.257 e. The van der Waals surface area contributed by atoms with E-state index in [2.05, 4.69) is 17.2 Å². The minimum Gasteiger partial charge on any atom is -0.298 e. The van der Waals surface area contributed by atoms with Gasteiger partial charge in [-0.1, -0.05) is 13.0 Å². The van der Waals surface area contributed by atoms with Gasteiger partial charge in [0.15, 0.2) is 5.13 Å². The topological polar surface area (TPSA) is 42.0 Å². The molecule has 88 valence electrons. The van der Waals surface area contributed by atoms with E-state index in [9.17, 15) is 4.79 Å². The van der Waals surface area contributed by atoms with Crippen molar-refractivity contribution in [3.63, 3.8) is 0 Å². The van der Waals surface area contributed by atoms with Crippen molar-refractivity contribution in [1.82, 2.24) is 4.98 Å². The van der Waals surface area contributed by atoms with E-state index >= 15 is 0 Å². The molecule has 3 nitrogen and oxygen atoms in total. The molecule has 0 fully saturated rings. The van der Waals surface area contributed by atoms with Crippen LogP contribution in [0.15, 0.2) is 40.7 Å². The lowest BCUT2D eigenvalue weighted by molar-refractivity contribution is 0.102. The highest BCUT2D eigenvalue weighted by atomic mass is 32.2. The third-order valence-electron chi connectivity index (χ3n) is 2.06. The fourth-order valence-corrected chi connectivity index (χ4v) is 2.59. The Kier molecular flexibility index (Phi) is 4.17. The zero-order valence-corrected chi connectivity index (χ0v) is 11.0. The van der Waals surface area contributed by atoms with Gasteiger partial charge in [-0.2, -0.15) is 0 Å². The molecule has 2 aromatic rings. The molecule has 1 aromatic carbocycles. The van der Waals surface area contributed by atoms with Crippen molar-refractivity contribution < 1.29 is 4.79 Å². The molecular formula is C12H12N2OS2. The van der Waals surface area contributed by atoms with Crippen LogP contribution in [-0.2, 0) is 0 Å². The van der Waals surface area contributed by atoms with E-state index in [0.29, 0.717) is 10.7 Å². The maximum absolute atomic E-state index is 11.9. The molecule has 1 heterocycles. The van der Waals surface area contributed by atoms with Gasteiger partial charge in [-0.05, 0) is 24.0 Å². The maximum Gasteiger partial charge on any atom is 0.257 e. The average Bonchev–Trinajstić information content (AvgIpc) is 2.83. The van der Waals surface area contributed by atoms with Crippen LogP contribution in [0.1, 0.15) is 17.3 Å². The Labute approximate surface area is 108 Å². The summed E-state index contributed by atoms with van der Waals surface area (Å²) in [6.45, 7) is 2.09. The summed E-state index contributed by atoms with van der Waals surface area (Å²) in [5.41, 5.74) is 0.665. The van der Waals surface area contributed by atoms with Crippen LogP contribution in [0.4, 0.5) is 5.13 Å². The van der Waals surface area contributed by atoms with Gasteiger partial charge in [-0.3, -0.25) is 10.1 Å². The Morgan fingerprint density at radius 1 is 1.53 bits per heavy atom. The molecule has 1 N–H and O–H groups in total. The van der Waals surface area contributed by atoms with Crippen LogP contribution < -0.4 is 5.32 Å². The molecule has 0 aliphatic heterocycles. The zero-order valence-electron chi connectivity index (χ0n) is 9.34. The van der Waals surface area contributed by atoms with Gasteiger partial charge in [-0.15, -0.1) is 23.1 Å². The van der Waals surface area contributed by atoms with Gasteiger partial charge < -0.3 is 0 Å². The summed E-state index contributed by atoms with van der Waals surface area (Å²) in [5, 5.41) is 5.23. The van der Waals surface area contributed by atoms with E-state index in [1.807, 2.05) is 29.6 Å². The van der Waals surface area contributed by atoms with Crippen LogP contribution in [0, 0.1) is 0 Å². The van der Waals surface area contributed by atoms with Crippen molar-refractivity contribution in [2.45, 2.75) is 11.8 Å². The number of carbonyl (C=O) groups is 1. The molecule has 0 aliphatic rings. The molecule has 1 amide bonds. The maximum atomic E-state index is 11.9. The number of thiazole rings is 1. The van der Waals surface area contributed by atoms with Gasteiger partial charge in [0.25, 0.3) is 5.91 Å². The number of aromatic nitrogens is 1. The van der Waals surface area contributed by atoms with E-state index in [0.717, 1.165) is 10.6 Å². The minimum atomic E-state index is -0.112. The van der Waals surface area contributed by atoms with Gasteiger partial charge >= 0.3 is 0 Å². The molecule has 0 saturated carbocycles. The van der Waals surface area contributed by atoms with E-state index in [1.165, 1.54) is 11.3 Å². The molecule has 0 atom stereocenters. The van der Waals surface area contributed by atoms with Crippen LogP contribution in [0.3, 0.4) is 0 Å². The molecule has 1 aromatic heterocycles. The number of carbonyl (C=O) groups excluding carboxylic acids is 1. The van der Waals surface area contributed by atoms with Gasteiger partial charge in [0.1, 0.15) is 0 Å². The Balaban J connectivity index is 2.11. The number of thioether (sulfide) groups is 1. The van der Waals surface area contributed by atoms with Crippen LogP contribution in [0.2, 0.25) is 0 Å². The highest BCUT2D eigenvalue weighted by Gasteiger charge is 2.07. The molecule has 0 bridgehead atoms. The fourth-order valence-electron chi connectivity index (χ4n) is 1.35. The summed E-state index contributed by atoms with van der Waals surface area (Å²) >= 11 is 3.13. The Morgan fingerprint density at radius 3 is 3.12 bits per heavy atom. The number of amides is 1. The van der Waals surface area contributed by atoms with Crippen molar-refractivity contribution in [2.24, 2.45) is 0 Å².